The third-order valence-electron chi connectivity index (χ3n) is 5.30. The molecule has 6 nitrogen and oxygen atoms in total. The molecule has 9 heteroatoms. The second-order valence-corrected chi connectivity index (χ2v) is 7.03. The van der Waals surface area contributed by atoms with E-state index in [2.05, 4.69) is 5.32 Å². The van der Waals surface area contributed by atoms with Gasteiger partial charge in [-0.2, -0.15) is 13.2 Å². The molecule has 2 N–H and O–H groups in total. The van der Waals surface area contributed by atoms with Crippen LogP contribution >= 0.6 is 0 Å². The molecule has 0 aromatic rings. The second-order valence-electron chi connectivity index (χ2n) is 7.03. The maximum atomic E-state index is 12.8. The van der Waals surface area contributed by atoms with E-state index in [0.29, 0.717) is 19.4 Å². The van der Waals surface area contributed by atoms with E-state index in [9.17, 15) is 22.8 Å². The number of amides is 2. The first-order valence-electron chi connectivity index (χ1n) is 8.71. The molecule has 2 rings (SSSR count). The van der Waals surface area contributed by atoms with Gasteiger partial charge in [-0.25, -0.2) is 4.79 Å². The summed E-state index contributed by atoms with van der Waals surface area (Å²) in [6.07, 6.45) is -2.99. The van der Waals surface area contributed by atoms with Crippen molar-refractivity contribution in [1.82, 2.24) is 15.1 Å². The molecule has 2 atom stereocenters. The average Bonchev–Trinajstić information content (AvgIpc) is 2.47. The topological polar surface area (TPSA) is 72.9 Å². The van der Waals surface area contributed by atoms with Gasteiger partial charge in [0.25, 0.3) is 0 Å². The monoisotopic (exact) mass is 365 g/mol. The highest BCUT2D eigenvalue weighted by Crippen LogP contribution is 2.36. The lowest BCUT2D eigenvalue weighted by Gasteiger charge is -2.44. The summed E-state index contributed by atoms with van der Waals surface area (Å²) in [5, 5.41) is 11.7. The summed E-state index contributed by atoms with van der Waals surface area (Å²) in [6.45, 7) is 4.24. The van der Waals surface area contributed by atoms with Crippen molar-refractivity contribution < 1.29 is 27.9 Å². The van der Waals surface area contributed by atoms with Crippen LogP contribution in [0.2, 0.25) is 0 Å². The lowest BCUT2D eigenvalue weighted by molar-refractivity contribution is -0.187. The van der Waals surface area contributed by atoms with Crippen LogP contribution in [0.4, 0.5) is 18.0 Å². The van der Waals surface area contributed by atoms with Crippen LogP contribution in [0.15, 0.2) is 0 Å². The molecule has 1 heterocycles. The van der Waals surface area contributed by atoms with Crippen molar-refractivity contribution in [2.45, 2.75) is 63.8 Å². The van der Waals surface area contributed by atoms with Crippen molar-refractivity contribution in [3.8, 4) is 0 Å². The number of rotatable bonds is 5. The van der Waals surface area contributed by atoms with Crippen molar-refractivity contribution >= 4 is 12.0 Å². The van der Waals surface area contributed by atoms with Crippen LogP contribution in [-0.4, -0.2) is 70.8 Å². The zero-order valence-corrected chi connectivity index (χ0v) is 14.6. The number of likely N-dealkylation sites (tertiary alicyclic amines) is 1. The Morgan fingerprint density at radius 1 is 1.28 bits per heavy atom. The van der Waals surface area contributed by atoms with E-state index >= 15 is 0 Å². The van der Waals surface area contributed by atoms with Crippen molar-refractivity contribution in [3.63, 3.8) is 0 Å². The Hall–Kier alpha value is -1.51. The summed E-state index contributed by atoms with van der Waals surface area (Å²) >= 11 is 0. The first-order chi connectivity index (χ1) is 11.6. The number of carboxylic acids is 1. The number of urea groups is 1. The first-order valence-corrected chi connectivity index (χ1v) is 8.71. The number of hydrogen-bond acceptors (Lipinski definition) is 3. The van der Waals surface area contributed by atoms with Crippen molar-refractivity contribution in [2.24, 2.45) is 5.92 Å². The summed E-state index contributed by atoms with van der Waals surface area (Å²) in [5.74, 6) is -2.22. The summed E-state index contributed by atoms with van der Waals surface area (Å²) in [6, 6.07) is -0.694. The van der Waals surface area contributed by atoms with E-state index in [4.69, 9.17) is 5.11 Å². The van der Waals surface area contributed by atoms with E-state index in [1.165, 1.54) is 4.90 Å². The van der Waals surface area contributed by atoms with Crippen LogP contribution < -0.4 is 5.32 Å². The average molecular weight is 365 g/mol. The maximum Gasteiger partial charge on any atom is 0.391 e. The second kappa shape index (κ2) is 7.80. The van der Waals surface area contributed by atoms with Gasteiger partial charge < -0.3 is 15.3 Å². The molecule has 25 heavy (non-hydrogen) atoms. The standard InChI is InChI=1S/C16H26F3N3O3/c1-3-21(9-14(23)24)13-7-12(8-13)20-15(25)22-5-4-11(6-10(22)2)16(17,18)19/h10-13H,3-9H2,1-2H3,(H,20,25)(H,23,24). The lowest BCUT2D eigenvalue weighted by atomic mass is 9.85. The molecular formula is C16H26F3N3O3. The fourth-order valence-electron chi connectivity index (χ4n) is 3.71. The molecular weight excluding hydrogens is 339 g/mol. The highest BCUT2D eigenvalue weighted by molar-refractivity contribution is 5.75. The smallest absolute Gasteiger partial charge is 0.391 e. The number of nitrogens with one attached hydrogen (secondary N) is 1. The summed E-state index contributed by atoms with van der Waals surface area (Å²) in [4.78, 5) is 26.5. The molecule has 2 amide bonds. The van der Waals surface area contributed by atoms with Crippen LogP contribution in [0.25, 0.3) is 0 Å². The number of carbonyl (C=O) groups is 2. The Bertz CT molecular complexity index is 495. The minimum Gasteiger partial charge on any atom is -0.480 e. The predicted octanol–water partition coefficient (Wildman–Crippen LogP) is 2.30. The third-order valence-corrected chi connectivity index (χ3v) is 5.30. The van der Waals surface area contributed by atoms with Crippen molar-refractivity contribution in [1.29, 1.82) is 0 Å². The minimum absolute atomic E-state index is 0.0240. The van der Waals surface area contributed by atoms with Crippen LogP contribution in [0.5, 0.6) is 0 Å². The highest BCUT2D eigenvalue weighted by atomic mass is 19.4. The molecule has 1 saturated heterocycles. The Balaban J connectivity index is 1.78. The Morgan fingerprint density at radius 3 is 2.40 bits per heavy atom. The number of alkyl halides is 3. The van der Waals surface area contributed by atoms with Gasteiger partial charge in [0, 0.05) is 24.7 Å². The zero-order chi connectivity index (χ0) is 18.8. The Kier molecular flexibility index (Phi) is 6.18. The maximum absolute atomic E-state index is 12.8. The van der Waals surface area contributed by atoms with Gasteiger partial charge in [-0.1, -0.05) is 6.92 Å². The van der Waals surface area contributed by atoms with Gasteiger partial charge in [0.2, 0.25) is 0 Å². The number of carboxylic acid groups (broad SMARTS) is 1. The van der Waals surface area contributed by atoms with E-state index in [1.54, 1.807) is 6.92 Å². The fraction of sp³-hybridized carbons (Fsp3) is 0.875. The molecule has 0 radical (unpaired) electrons. The molecule has 0 aromatic carbocycles. The predicted molar refractivity (Wildman–Crippen MR) is 85.2 cm³/mol. The number of carbonyl (C=O) groups excluding carboxylic acids is 1. The fourth-order valence-corrected chi connectivity index (χ4v) is 3.71. The molecule has 2 aliphatic rings. The number of halogens is 3. The minimum atomic E-state index is -4.20. The van der Waals surface area contributed by atoms with Gasteiger partial charge >= 0.3 is 18.2 Å². The molecule has 144 valence electrons. The van der Waals surface area contributed by atoms with Crippen LogP contribution in [-0.2, 0) is 4.79 Å². The third kappa shape index (κ3) is 4.99. The molecule has 2 unspecified atom stereocenters. The number of aliphatic carboxylic acids is 1. The van der Waals surface area contributed by atoms with Gasteiger partial charge in [-0.05, 0) is 39.2 Å². The number of nitrogens with zero attached hydrogens (tertiary/aromatic N) is 2. The quantitative estimate of drug-likeness (QED) is 0.784. The molecule has 1 aliphatic heterocycles. The van der Waals surface area contributed by atoms with E-state index in [1.807, 2.05) is 11.8 Å². The molecule has 2 fully saturated rings. The van der Waals surface area contributed by atoms with E-state index in [0.717, 1.165) is 0 Å². The number of likely N-dealkylation sites (N-methyl/N-ethyl adjacent to an activating group) is 1. The first kappa shape index (κ1) is 19.8. The van der Waals surface area contributed by atoms with Gasteiger partial charge in [-0.3, -0.25) is 9.69 Å². The molecule has 1 saturated carbocycles. The molecule has 0 spiro atoms. The van der Waals surface area contributed by atoms with Gasteiger partial charge in [0.05, 0.1) is 12.5 Å². The zero-order valence-electron chi connectivity index (χ0n) is 14.6. The van der Waals surface area contributed by atoms with Crippen molar-refractivity contribution in [2.75, 3.05) is 19.6 Å². The van der Waals surface area contributed by atoms with Crippen LogP contribution in [0.3, 0.4) is 0 Å². The van der Waals surface area contributed by atoms with Crippen molar-refractivity contribution in [3.05, 3.63) is 0 Å². The van der Waals surface area contributed by atoms with E-state index < -0.39 is 24.1 Å². The van der Waals surface area contributed by atoms with Gasteiger partial charge in [-0.15, -0.1) is 0 Å². The van der Waals surface area contributed by atoms with Crippen LogP contribution in [0.1, 0.15) is 39.5 Å². The van der Waals surface area contributed by atoms with E-state index in [-0.39, 0.29) is 44.0 Å². The highest BCUT2D eigenvalue weighted by Gasteiger charge is 2.44. The Labute approximate surface area is 145 Å². The molecule has 0 bridgehead atoms. The van der Waals surface area contributed by atoms with Gasteiger partial charge in [0.15, 0.2) is 0 Å². The SMILES string of the molecule is CCN(CC(=O)O)C1CC(NC(=O)N2CCC(C(F)(F)F)CC2C)C1. The summed E-state index contributed by atoms with van der Waals surface area (Å²) < 4.78 is 38.4. The summed E-state index contributed by atoms with van der Waals surface area (Å²) in [7, 11) is 0. The number of piperidine rings is 1. The van der Waals surface area contributed by atoms with Crippen LogP contribution in [0, 0.1) is 5.92 Å². The molecule has 1 aliphatic carbocycles. The Morgan fingerprint density at radius 2 is 1.92 bits per heavy atom. The normalized spacial score (nSPS) is 30.1. The largest absolute Gasteiger partial charge is 0.480 e. The van der Waals surface area contributed by atoms with Gasteiger partial charge in [0.1, 0.15) is 0 Å². The molecule has 0 aromatic heterocycles. The lowest BCUT2D eigenvalue weighted by Crippen LogP contribution is -2.58. The summed E-state index contributed by atoms with van der Waals surface area (Å²) in [5.41, 5.74) is 0. The number of hydrogen-bond donors (Lipinski definition) is 2.